The predicted octanol–water partition coefficient (Wildman–Crippen LogP) is 2.92. The largest absolute Gasteiger partial charge is 0.380 e. The van der Waals surface area contributed by atoms with Gasteiger partial charge in [-0.3, -0.25) is 0 Å². The van der Waals surface area contributed by atoms with Gasteiger partial charge in [0.25, 0.3) is 5.71 Å². The molecule has 0 spiro atoms. The third-order valence-corrected chi connectivity index (χ3v) is 2.76. The van der Waals surface area contributed by atoms with Gasteiger partial charge in [-0.25, -0.2) is 9.37 Å². The monoisotopic (exact) mass is 243 g/mol. The fourth-order valence-corrected chi connectivity index (χ4v) is 1.99. The van der Waals surface area contributed by atoms with Gasteiger partial charge >= 0.3 is 0 Å². The molecule has 1 aromatic carbocycles. The first kappa shape index (κ1) is 10.7. The molecular weight excluding hydrogens is 233 g/mol. The molecule has 0 aliphatic heterocycles. The molecule has 3 aromatic rings. The van der Waals surface area contributed by atoms with Crippen LogP contribution in [0.15, 0.2) is 34.9 Å². The van der Waals surface area contributed by atoms with Gasteiger partial charge in [0.2, 0.25) is 0 Å². The van der Waals surface area contributed by atoms with Crippen molar-refractivity contribution in [1.29, 1.82) is 0 Å². The van der Waals surface area contributed by atoms with E-state index in [1.165, 1.54) is 6.07 Å². The third kappa shape index (κ3) is 1.52. The maximum atomic E-state index is 13.9. The van der Waals surface area contributed by atoms with E-state index in [1.54, 1.807) is 24.3 Å². The second-order valence-corrected chi connectivity index (χ2v) is 4.04. The van der Waals surface area contributed by atoms with E-state index in [9.17, 15) is 4.39 Å². The highest BCUT2D eigenvalue weighted by molar-refractivity contribution is 5.99. The summed E-state index contributed by atoms with van der Waals surface area (Å²) >= 11 is 0. The molecule has 0 unspecified atom stereocenters. The number of fused-ring (bicyclic) bond motifs is 1. The van der Waals surface area contributed by atoms with E-state index in [4.69, 9.17) is 10.3 Å². The molecule has 0 aliphatic carbocycles. The number of nitrogens with zero attached hydrogens (tertiary/aromatic N) is 2. The smallest absolute Gasteiger partial charge is 0.260 e. The molecule has 5 heteroatoms. The van der Waals surface area contributed by atoms with Crippen LogP contribution < -0.4 is 5.73 Å². The van der Waals surface area contributed by atoms with Gasteiger partial charge in [-0.15, -0.1) is 0 Å². The van der Waals surface area contributed by atoms with Gasteiger partial charge in [0.1, 0.15) is 5.82 Å². The molecule has 2 N–H and O–H groups in total. The van der Waals surface area contributed by atoms with Gasteiger partial charge in [0.15, 0.2) is 5.82 Å². The second-order valence-electron chi connectivity index (χ2n) is 4.04. The van der Waals surface area contributed by atoms with Gasteiger partial charge in [0, 0.05) is 16.8 Å². The molecule has 0 amide bonds. The minimum atomic E-state index is -0.315. The van der Waals surface area contributed by atoms with Gasteiger partial charge in [-0.05, 0) is 19.1 Å². The first-order valence-electron chi connectivity index (χ1n) is 5.44. The Morgan fingerprint density at radius 2 is 2.00 bits per heavy atom. The van der Waals surface area contributed by atoms with Crippen molar-refractivity contribution in [1.82, 2.24) is 10.1 Å². The van der Waals surface area contributed by atoms with Crippen LogP contribution in [0.3, 0.4) is 0 Å². The van der Waals surface area contributed by atoms with E-state index in [-0.39, 0.29) is 11.6 Å². The average Bonchev–Trinajstić information content (AvgIpc) is 2.71. The minimum Gasteiger partial charge on any atom is -0.380 e. The molecule has 90 valence electrons. The number of aromatic nitrogens is 2. The van der Waals surface area contributed by atoms with Gasteiger partial charge in [-0.1, -0.05) is 23.4 Å². The molecule has 0 radical (unpaired) electrons. The van der Waals surface area contributed by atoms with Crippen LogP contribution >= 0.6 is 0 Å². The molecule has 18 heavy (non-hydrogen) atoms. The predicted molar refractivity (Wildman–Crippen MR) is 66.3 cm³/mol. The summed E-state index contributed by atoms with van der Waals surface area (Å²) in [4.78, 5) is 4.18. The Hall–Kier alpha value is -2.43. The number of rotatable bonds is 1. The van der Waals surface area contributed by atoms with Crippen LogP contribution in [0, 0.1) is 12.7 Å². The topological polar surface area (TPSA) is 64.9 Å². The standard InChI is InChI=1S/C13H10FN3O/c1-7-6-9(8-4-2-3-5-10(8)14)11-12(15)17-18-13(11)16-7/h2-6H,1H3,(H2,15,17). The fraction of sp³-hybridized carbons (Fsp3) is 0.0769. The zero-order valence-electron chi connectivity index (χ0n) is 9.64. The molecular formula is C13H10FN3O. The molecule has 0 atom stereocenters. The van der Waals surface area contributed by atoms with Crippen LogP contribution in [0.1, 0.15) is 5.69 Å². The van der Waals surface area contributed by atoms with Crippen molar-refractivity contribution in [3.05, 3.63) is 41.8 Å². The minimum absolute atomic E-state index is 0.218. The molecule has 0 aliphatic rings. The van der Waals surface area contributed by atoms with E-state index in [0.717, 1.165) is 5.69 Å². The van der Waals surface area contributed by atoms with Crippen molar-refractivity contribution < 1.29 is 8.91 Å². The normalized spacial score (nSPS) is 11.0. The molecule has 2 aromatic heterocycles. The van der Waals surface area contributed by atoms with Crippen LogP contribution in [0.2, 0.25) is 0 Å². The number of hydrogen-bond acceptors (Lipinski definition) is 4. The summed E-state index contributed by atoms with van der Waals surface area (Å²) in [5.41, 5.74) is 7.90. The summed E-state index contributed by atoms with van der Waals surface area (Å²) in [6.07, 6.45) is 0. The number of hydrogen-bond donors (Lipinski definition) is 1. The Balaban J connectivity index is 2.41. The molecule has 0 bridgehead atoms. The molecule has 0 saturated carbocycles. The van der Waals surface area contributed by atoms with Gasteiger partial charge < -0.3 is 10.3 Å². The Morgan fingerprint density at radius 3 is 2.78 bits per heavy atom. The van der Waals surface area contributed by atoms with Gasteiger partial charge in [-0.2, -0.15) is 0 Å². The third-order valence-electron chi connectivity index (χ3n) is 2.76. The Kier molecular flexibility index (Phi) is 2.26. The van der Waals surface area contributed by atoms with Crippen LogP contribution in [-0.2, 0) is 0 Å². The number of aryl methyl sites for hydroxylation is 1. The van der Waals surface area contributed by atoms with Crippen LogP contribution in [0.25, 0.3) is 22.2 Å². The summed E-state index contributed by atoms with van der Waals surface area (Å²) in [5, 5.41) is 4.22. The van der Waals surface area contributed by atoms with Gasteiger partial charge in [0.05, 0.1) is 5.39 Å². The fourth-order valence-electron chi connectivity index (χ4n) is 1.99. The van der Waals surface area contributed by atoms with E-state index >= 15 is 0 Å². The van der Waals surface area contributed by atoms with Crippen molar-refractivity contribution >= 4 is 16.9 Å². The lowest BCUT2D eigenvalue weighted by molar-refractivity contribution is 0.452. The molecule has 3 rings (SSSR count). The number of nitrogens with two attached hydrogens (primary N) is 1. The van der Waals surface area contributed by atoms with E-state index in [0.29, 0.717) is 22.2 Å². The Labute approximate surface area is 102 Å². The first-order chi connectivity index (χ1) is 8.66. The number of halogens is 1. The molecule has 0 saturated heterocycles. The number of nitrogen functional groups attached to an aromatic ring is 1. The molecule has 0 fully saturated rings. The zero-order chi connectivity index (χ0) is 12.7. The maximum Gasteiger partial charge on any atom is 0.260 e. The highest BCUT2D eigenvalue weighted by Gasteiger charge is 2.16. The van der Waals surface area contributed by atoms with Crippen molar-refractivity contribution in [2.75, 3.05) is 5.73 Å². The number of pyridine rings is 1. The Bertz CT molecular complexity index is 736. The maximum absolute atomic E-state index is 13.9. The lowest BCUT2D eigenvalue weighted by atomic mass is 10.0. The average molecular weight is 243 g/mol. The summed E-state index contributed by atoms with van der Waals surface area (Å²) in [6, 6.07) is 8.27. The van der Waals surface area contributed by atoms with E-state index in [2.05, 4.69) is 10.1 Å². The number of benzene rings is 1. The van der Waals surface area contributed by atoms with E-state index < -0.39 is 0 Å². The first-order valence-corrected chi connectivity index (χ1v) is 5.44. The number of anilines is 1. The quantitative estimate of drug-likeness (QED) is 0.713. The summed E-state index contributed by atoms with van der Waals surface area (Å²) in [5.74, 6) is -0.0965. The van der Waals surface area contributed by atoms with Crippen molar-refractivity contribution in [3.8, 4) is 11.1 Å². The SMILES string of the molecule is Cc1cc(-c2ccccc2F)c2c(N)noc2n1. The molecule has 4 nitrogen and oxygen atoms in total. The van der Waals surface area contributed by atoms with E-state index in [1.807, 2.05) is 6.92 Å². The summed E-state index contributed by atoms with van der Waals surface area (Å²) < 4.78 is 18.9. The van der Waals surface area contributed by atoms with Crippen LogP contribution in [0.4, 0.5) is 10.2 Å². The summed E-state index contributed by atoms with van der Waals surface area (Å²) in [7, 11) is 0. The van der Waals surface area contributed by atoms with Crippen LogP contribution in [-0.4, -0.2) is 10.1 Å². The highest BCUT2D eigenvalue weighted by atomic mass is 19.1. The zero-order valence-corrected chi connectivity index (χ0v) is 9.64. The lowest BCUT2D eigenvalue weighted by Crippen LogP contribution is -1.91. The van der Waals surface area contributed by atoms with Crippen molar-refractivity contribution in [2.24, 2.45) is 0 Å². The molecule has 2 heterocycles. The highest BCUT2D eigenvalue weighted by Crippen LogP contribution is 2.33. The van der Waals surface area contributed by atoms with Crippen molar-refractivity contribution in [2.45, 2.75) is 6.92 Å². The van der Waals surface area contributed by atoms with Crippen LogP contribution in [0.5, 0.6) is 0 Å². The lowest BCUT2D eigenvalue weighted by Gasteiger charge is -2.05. The summed E-state index contributed by atoms with van der Waals surface area (Å²) in [6.45, 7) is 1.81. The Morgan fingerprint density at radius 1 is 1.22 bits per heavy atom. The second kappa shape index (κ2) is 3.80. The van der Waals surface area contributed by atoms with Crippen molar-refractivity contribution in [3.63, 3.8) is 0 Å².